The molecule has 0 aliphatic heterocycles. The molecule has 0 heterocycles. The summed E-state index contributed by atoms with van der Waals surface area (Å²) in [5, 5.41) is 3.52. The van der Waals surface area contributed by atoms with E-state index in [2.05, 4.69) is 33.0 Å². The number of hydrogen-bond acceptors (Lipinski definition) is 3. The van der Waals surface area contributed by atoms with E-state index in [1.807, 2.05) is 0 Å². The minimum Gasteiger partial charge on any atom is -0.374 e. The molecule has 1 N–H and O–H groups in total. The minimum absolute atomic E-state index is 0.268. The van der Waals surface area contributed by atoms with Crippen LogP contribution in [0.4, 0.5) is 0 Å². The van der Waals surface area contributed by atoms with Gasteiger partial charge in [0.05, 0.1) is 18.3 Å². The highest BCUT2D eigenvalue weighted by molar-refractivity contribution is 4.98. The zero-order valence-corrected chi connectivity index (χ0v) is 13.7. The third kappa shape index (κ3) is 3.96. The molecule has 2 aliphatic rings. The zero-order valence-electron chi connectivity index (χ0n) is 13.7. The smallest absolute Gasteiger partial charge is 0.0990 e. The van der Waals surface area contributed by atoms with E-state index in [0.717, 1.165) is 37.8 Å². The first-order chi connectivity index (χ1) is 9.65. The van der Waals surface area contributed by atoms with Crippen LogP contribution in [-0.4, -0.2) is 37.5 Å². The van der Waals surface area contributed by atoms with Crippen LogP contribution in [0.2, 0.25) is 0 Å². The van der Waals surface area contributed by atoms with E-state index < -0.39 is 0 Å². The molecule has 20 heavy (non-hydrogen) atoms. The van der Waals surface area contributed by atoms with Crippen LogP contribution in [0.1, 0.15) is 59.8 Å². The summed E-state index contributed by atoms with van der Waals surface area (Å²) in [7, 11) is 0. The first kappa shape index (κ1) is 16.3. The van der Waals surface area contributed by atoms with Gasteiger partial charge in [0.2, 0.25) is 0 Å². The molecule has 2 saturated carbocycles. The van der Waals surface area contributed by atoms with E-state index in [1.54, 1.807) is 0 Å². The Morgan fingerprint density at radius 1 is 1.05 bits per heavy atom. The summed E-state index contributed by atoms with van der Waals surface area (Å²) in [5.74, 6) is 1.66. The van der Waals surface area contributed by atoms with E-state index in [9.17, 15) is 0 Å². The van der Waals surface area contributed by atoms with E-state index in [1.165, 1.54) is 19.3 Å². The SMILES string of the molecule is CCCOC1C(NCC)CC1OC1CCC(C)C(C)C1. The molecule has 2 fully saturated rings. The van der Waals surface area contributed by atoms with Gasteiger partial charge in [-0.1, -0.05) is 27.7 Å². The molecule has 0 amide bonds. The Morgan fingerprint density at radius 3 is 2.50 bits per heavy atom. The van der Waals surface area contributed by atoms with Crippen LogP contribution in [0.15, 0.2) is 0 Å². The summed E-state index contributed by atoms with van der Waals surface area (Å²) >= 11 is 0. The number of likely N-dealkylation sites (N-methyl/N-ethyl adjacent to an activating group) is 1. The largest absolute Gasteiger partial charge is 0.374 e. The lowest BCUT2D eigenvalue weighted by Gasteiger charge is -2.46. The maximum Gasteiger partial charge on any atom is 0.0990 e. The van der Waals surface area contributed by atoms with Crippen molar-refractivity contribution in [2.45, 2.75) is 84.2 Å². The Labute approximate surface area is 124 Å². The molecule has 6 atom stereocenters. The van der Waals surface area contributed by atoms with Crippen molar-refractivity contribution in [1.29, 1.82) is 0 Å². The van der Waals surface area contributed by atoms with Crippen molar-refractivity contribution in [3.8, 4) is 0 Å². The lowest BCUT2D eigenvalue weighted by molar-refractivity contribution is -0.176. The summed E-state index contributed by atoms with van der Waals surface area (Å²) in [6.07, 6.45) is 7.01. The summed E-state index contributed by atoms with van der Waals surface area (Å²) in [5.41, 5.74) is 0. The number of nitrogens with one attached hydrogen (secondary N) is 1. The average molecular weight is 283 g/mol. The minimum atomic E-state index is 0.268. The molecule has 2 rings (SSSR count). The molecule has 2 aliphatic carbocycles. The van der Waals surface area contributed by atoms with Gasteiger partial charge in [-0.15, -0.1) is 0 Å². The second kappa shape index (κ2) is 7.77. The topological polar surface area (TPSA) is 30.5 Å². The monoisotopic (exact) mass is 283 g/mol. The van der Waals surface area contributed by atoms with Crippen LogP contribution in [-0.2, 0) is 9.47 Å². The van der Waals surface area contributed by atoms with Gasteiger partial charge in [0, 0.05) is 12.6 Å². The molecular weight excluding hydrogens is 250 g/mol. The van der Waals surface area contributed by atoms with Crippen LogP contribution < -0.4 is 5.32 Å². The Balaban J connectivity index is 1.79. The maximum absolute atomic E-state index is 6.37. The van der Waals surface area contributed by atoms with Gasteiger partial charge in [-0.3, -0.25) is 0 Å². The van der Waals surface area contributed by atoms with E-state index in [-0.39, 0.29) is 6.10 Å². The highest BCUT2D eigenvalue weighted by Crippen LogP contribution is 2.35. The number of ether oxygens (including phenoxy) is 2. The van der Waals surface area contributed by atoms with Gasteiger partial charge in [0.25, 0.3) is 0 Å². The maximum atomic E-state index is 6.37. The van der Waals surface area contributed by atoms with Gasteiger partial charge >= 0.3 is 0 Å². The molecule has 0 aromatic carbocycles. The predicted molar refractivity (Wildman–Crippen MR) is 83.0 cm³/mol. The normalized spacial score (nSPS) is 41.4. The van der Waals surface area contributed by atoms with Gasteiger partial charge in [0.15, 0.2) is 0 Å². The van der Waals surface area contributed by atoms with Crippen molar-refractivity contribution < 1.29 is 9.47 Å². The van der Waals surface area contributed by atoms with Gasteiger partial charge in [-0.05, 0) is 50.5 Å². The van der Waals surface area contributed by atoms with Crippen molar-refractivity contribution in [3.63, 3.8) is 0 Å². The number of rotatable bonds is 7. The predicted octanol–water partition coefficient (Wildman–Crippen LogP) is 3.37. The lowest BCUT2D eigenvalue weighted by atomic mass is 9.79. The zero-order chi connectivity index (χ0) is 14.5. The summed E-state index contributed by atoms with van der Waals surface area (Å²) in [4.78, 5) is 0. The quantitative estimate of drug-likeness (QED) is 0.777. The fourth-order valence-corrected chi connectivity index (χ4v) is 3.52. The first-order valence-corrected chi connectivity index (χ1v) is 8.66. The van der Waals surface area contributed by atoms with Crippen molar-refractivity contribution >= 4 is 0 Å². The van der Waals surface area contributed by atoms with E-state index in [0.29, 0.717) is 18.2 Å². The first-order valence-electron chi connectivity index (χ1n) is 8.66. The molecule has 0 saturated heterocycles. The fraction of sp³-hybridized carbons (Fsp3) is 1.00. The summed E-state index contributed by atoms with van der Waals surface area (Å²) in [6, 6.07) is 0.497. The van der Waals surface area contributed by atoms with E-state index in [4.69, 9.17) is 9.47 Å². The fourth-order valence-electron chi connectivity index (χ4n) is 3.52. The molecular formula is C17H33NO2. The van der Waals surface area contributed by atoms with Crippen LogP contribution in [0.5, 0.6) is 0 Å². The molecule has 3 nitrogen and oxygen atoms in total. The Morgan fingerprint density at radius 2 is 1.85 bits per heavy atom. The molecule has 118 valence electrons. The van der Waals surface area contributed by atoms with Crippen molar-refractivity contribution in [2.24, 2.45) is 11.8 Å². The molecule has 0 aromatic rings. The third-order valence-corrected chi connectivity index (χ3v) is 5.15. The Kier molecular flexibility index (Phi) is 6.31. The van der Waals surface area contributed by atoms with Crippen molar-refractivity contribution in [1.82, 2.24) is 5.32 Å². The van der Waals surface area contributed by atoms with Crippen LogP contribution in [0.25, 0.3) is 0 Å². The standard InChI is InChI=1S/C17H33NO2/c1-5-9-19-17-15(18-6-2)11-16(17)20-14-8-7-12(3)13(4)10-14/h12-18H,5-11H2,1-4H3. The second-order valence-corrected chi connectivity index (χ2v) is 6.80. The molecule has 0 spiro atoms. The van der Waals surface area contributed by atoms with Crippen LogP contribution in [0.3, 0.4) is 0 Å². The molecule has 0 radical (unpaired) electrons. The van der Waals surface area contributed by atoms with Crippen LogP contribution in [0, 0.1) is 11.8 Å². The molecule has 0 aromatic heterocycles. The van der Waals surface area contributed by atoms with Crippen LogP contribution >= 0.6 is 0 Å². The summed E-state index contributed by atoms with van der Waals surface area (Å²) in [6.45, 7) is 10.9. The lowest BCUT2D eigenvalue weighted by Crippen LogP contribution is -2.61. The summed E-state index contributed by atoms with van der Waals surface area (Å²) < 4.78 is 12.4. The molecule has 6 unspecified atom stereocenters. The van der Waals surface area contributed by atoms with Crippen molar-refractivity contribution in [3.05, 3.63) is 0 Å². The Hall–Kier alpha value is -0.120. The van der Waals surface area contributed by atoms with Gasteiger partial charge in [-0.2, -0.15) is 0 Å². The third-order valence-electron chi connectivity index (χ3n) is 5.15. The highest BCUT2D eigenvalue weighted by atomic mass is 16.6. The van der Waals surface area contributed by atoms with Gasteiger partial charge in [-0.25, -0.2) is 0 Å². The molecule has 3 heteroatoms. The van der Waals surface area contributed by atoms with Gasteiger partial charge < -0.3 is 14.8 Å². The molecule has 0 bridgehead atoms. The van der Waals surface area contributed by atoms with E-state index >= 15 is 0 Å². The second-order valence-electron chi connectivity index (χ2n) is 6.80. The Bertz CT molecular complexity index is 284. The highest BCUT2D eigenvalue weighted by Gasteiger charge is 2.44. The number of hydrogen-bond donors (Lipinski definition) is 1. The van der Waals surface area contributed by atoms with Crippen molar-refractivity contribution in [2.75, 3.05) is 13.2 Å². The van der Waals surface area contributed by atoms with Gasteiger partial charge in [0.1, 0.15) is 0 Å². The average Bonchev–Trinajstić information content (AvgIpc) is 2.42.